The Labute approximate surface area is 230 Å². The Morgan fingerprint density at radius 3 is 2.55 bits per heavy atom. The minimum Gasteiger partial charge on any atom is -0.443 e. The third kappa shape index (κ3) is 6.62. The molecular formula is C24H26ClF5N8O2. The summed E-state index contributed by atoms with van der Waals surface area (Å²) in [6.45, 7) is -0.300. The third-order valence-corrected chi connectivity index (χ3v) is 7.18. The largest absolute Gasteiger partial charge is 0.443 e. The van der Waals surface area contributed by atoms with E-state index in [1.54, 1.807) is 10.9 Å². The maximum atomic E-state index is 13.6. The predicted octanol–water partition coefficient (Wildman–Crippen LogP) is 5.78. The quantitative estimate of drug-likeness (QED) is 0.305. The number of aromatic nitrogens is 6. The van der Waals surface area contributed by atoms with Gasteiger partial charge in [0.1, 0.15) is 17.0 Å². The van der Waals surface area contributed by atoms with Crippen LogP contribution in [0.15, 0.2) is 24.8 Å². The van der Waals surface area contributed by atoms with Crippen LogP contribution in [0, 0.1) is 5.92 Å². The van der Waals surface area contributed by atoms with Gasteiger partial charge in [0.25, 0.3) is 6.43 Å². The van der Waals surface area contributed by atoms with E-state index in [2.05, 4.69) is 30.6 Å². The summed E-state index contributed by atoms with van der Waals surface area (Å²) in [6.07, 6.45) is 0.890. The van der Waals surface area contributed by atoms with Gasteiger partial charge in [-0.1, -0.05) is 11.6 Å². The molecule has 16 heteroatoms. The fourth-order valence-electron chi connectivity index (χ4n) is 4.76. The molecule has 2 N–H and O–H groups in total. The zero-order valence-electron chi connectivity index (χ0n) is 21.0. The first-order chi connectivity index (χ1) is 19.1. The lowest BCUT2D eigenvalue weighted by Gasteiger charge is -2.35. The normalized spacial score (nSPS) is 19.6. The molecule has 2 aliphatic rings. The van der Waals surface area contributed by atoms with Gasteiger partial charge >= 0.3 is 12.3 Å². The van der Waals surface area contributed by atoms with Crippen LogP contribution >= 0.6 is 11.6 Å². The number of carbonyl (C=O) groups excluding carboxylic acids is 1. The first-order valence-electron chi connectivity index (χ1n) is 12.7. The van der Waals surface area contributed by atoms with Crippen LogP contribution in [0.5, 0.6) is 0 Å². The number of carbonyl (C=O) groups is 1. The number of hydrogen-bond donors (Lipinski definition) is 2. The van der Waals surface area contributed by atoms with Gasteiger partial charge in [-0.05, 0) is 44.4 Å². The lowest BCUT2D eigenvalue weighted by molar-refractivity contribution is -0.137. The topological polar surface area (TPSA) is 114 Å². The highest BCUT2D eigenvalue weighted by Gasteiger charge is 2.37. The number of anilines is 2. The Morgan fingerprint density at radius 2 is 1.93 bits per heavy atom. The van der Waals surface area contributed by atoms with E-state index in [-0.39, 0.29) is 28.7 Å². The van der Waals surface area contributed by atoms with Crippen molar-refractivity contribution in [2.45, 2.75) is 69.8 Å². The maximum Gasteiger partial charge on any atom is 0.420 e. The number of alkyl halides is 5. The molecule has 216 valence electrons. The molecule has 3 heterocycles. The summed E-state index contributed by atoms with van der Waals surface area (Å²) in [5, 5.41) is 13.5. The van der Waals surface area contributed by atoms with Gasteiger partial charge in [-0.25, -0.2) is 23.5 Å². The molecule has 0 unspecified atom stereocenters. The van der Waals surface area contributed by atoms with E-state index in [1.165, 1.54) is 17.3 Å². The lowest BCUT2D eigenvalue weighted by atomic mass is 9.90. The molecule has 2 saturated carbocycles. The number of amides is 1. The van der Waals surface area contributed by atoms with Gasteiger partial charge in [-0.2, -0.15) is 23.4 Å². The van der Waals surface area contributed by atoms with Crippen LogP contribution < -0.4 is 10.2 Å². The van der Waals surface area contributed by atoms with Crippen molar-refractivity contribution in [2.24, 2.45) is 5.92 Å². The summed E-state index contributed by atoms with van der Waals surface area (Å²) < 4.78 is 72.8. The van der Waals surface area contributed by atoms with Gasteiger partial charge in [0.2, 0.25) is 5.95 Å². The maximum absolute atomic E-state index is 13.6. The first kappa shape index (κ1) is 28.1. The summed E-state index contributed by atoms with van der Waals surface area (Å²) in [5.41, 5.74) is -1.11. The van der Waals surface area contributed by atoms with Gasteiger partial charge in [-0.15, -0.1) is 0 Å². The van der Waals surface area contributed by atoms with Crippen LogP contribution in [0.2, 0.25) is 5.02 Å². The fraction of sp³-hybridized carbons (Fsp3) is 0.542. The second kappa shape index (κ2) is 11.6. The van der Waals surface area contributed by atoms with Crippen molar-refractivity contribution in [3.8, 4) is 11.4 Å². The Bertz CT molecular complexity index is 1320. The van der Waals surface area contributed by atoms with E-state index in [9.17, 15) is 26.7 Å². The molecule has 5 rings (SSSR count). The third-order valence-electron chi connectivity index (χ3n) is 6.89. The van der Waals surface area contributed by atoms with Crippen molar-refractivity contribution in [1.82, 2.24) is 29.9 Å². The summed E-state index contributed by atoms with van der Waals surface area (Å²) >= 11 is 6.00. The first-order valence-corrected chi connectivity index (χ1v) is 13.1. The predicted molar refractivity (Wildman–Crippen MR) is 134 cm³/mol. The summed E-state index contributed by atoms with van der Waals surface area (Å²) in [4.78, 5) is 22.1. The highest BCUT2D eigenvalue weighted by atomic mass is 35.5. The van der Waals surface area contributed by atoms with Gasteiger partial charge < -0.3 is 10.1 Å². The summed E-state index contributed by atoms with van der Waals surface area (Å²) in [5.74, 6) is 0.525. The number of nitrogens with one attached hydrogen (secondary N) is 2. The molecule has 0 aliphatic heterocycles. The van der Waals surface area contributed by atoms with Crippen molar-refractivity contribution in [3.05, 3.63) is 35.4 Å². The van der Waals surface area contributed by atoms with E-state index in [1.807, 2.05) is 0 Å². The van der Waals surface area contributed by atoms with Crippen molar-refractivity contribution >= 4 is 29.3 Å². The molecule has 0 saturated heterocycles. The minimum absolute atomic E-state index is 0.0186. The number of nitrogens with zero attached hydrogens (tertiary/aromatic N) is 6. The van der Waals surface area contributed by atoms with Gasteiger partial charge in [0.15, 0.2) is 6.61 Å². The monoisotopic (exact) mass is 588 g/mol. The zero-order valence-corrected chi connectivity index (χ0v) is 21.8. The number of rotatable bonds is 9. The molecule has 2 aliphatic carbocycles. The SMILES string of the molecule is O=C(OCC(F)F)N(c1cnn(CC2CC2)c1)C1CCC(Nc2ncc(C(F)(F)F)c(-c3[nH]ncc3Cl)n2)CC1. The molecule has 1 amide bonds. The van der Waals surface area contributed by atoms with Crippen LogP contribution in [-0.4, -0.2) is 61.2 Å². The van der Waals surface area contributed by atoms with Crippen LogP contribution in [0.3, 0.4) is 0 Å². The second-order valence-corrected chi connectivity index (χ2v) is 10.3. The molecule has 10 nitrogen and oxygen atoms in total. The van der Waals surface area contributed by atoms with Gasteiger partial charge in [0, 0.05) is 31.0 Å². The average Bonchev–Trinajstić information content (AvgIpc) is 3.43. The fourth-order valence-corrected chi connectivity index (χ4v) is 4.94. The average molecular weight is 589 g/mol. The second-order valence-electron chi connectivity index (χ2n) is 9.90. The summed E-state index contributed by atoms with van der Waals surface area (Å²) in [6, 6.07) is -0.565. The number of hydrogen-bond acceptors (Lipinski definition) is 7. The van der Waals surface area contributed by atoms with Crippen molar-refractivity contribution in [1.29, 1.82) is 0 Å². The van der Waals surface area contributed by atoms with Crippen molar-refractivity contribution in [2.75, 3.05) is 16.8 Å². The Kier molecular flexibility index (Phi) is 8.10. The van der Waals surface area contributed by atoms with Crippen LogP contribution in [0.1, 0.15) is 44.1 Å². The Balaban J connectivity index is 1.28. The Hall–Kier alpha value is -3.49. The molecule has 0 spiro atoms. The van der Waals surface area contributed by atoms with E-state index < -0.39 is 36.6 Å². The molecule has 0 atom stereocenters. The molecule has 2 fully saturated rings. The molecular weight excluding hydrogens is 563 g/mol. The molecule has 0 aromatic carbocycles. The molecule has 0 bridgehead atoms. The standard InChI is InChI=1S/C24H26ClF5N8O2/c25-18-9-32-36-21(18)20-17(24(28,29)30)8-31-22(35-20)34-14-3-5-15(6-4-14)38(23(39)40-12-19(26)27)16-7-33-37(11-16)10-13-1-2-13/h7-9,11,13-15,19H,1-6,10,12H2,(H,32,36)(H,31,34,35). The summed E-state index contributed by atoms with van der Waals surface area (Å²) in [7, 11) is 0. The highest BCUT2D eigenvalue weighted by molar-refractivity contribution is 6.32. The van der Waals surface area contributed by atoms with Crippen LogP contribution in [0.25, 0.3) is 11.4 Å². The molecule has 0 radical (unpaired) electrons. The number of aromatic amines is 1. The van der Waals surface area contributed by atoms with E-state index in [0.29, 0.717) is 43.5 Å². The number of ether oxygens (including phenoxy) is 1. The smallest absolute Gasteiger partial charge is 0.420 e. The van der Waals surface area contributed by atoms with Crippen LogP contribution in [-0.2, 0) is 17.5 Å². The van der Waals surface area contributed by atoms with Gasteiger partial charge in [-0.3, -0.25) is 14.7 Å². The van der Waals surface area contributed by atoms with Crippen LogP contribution in [0.4, 0.5) is 38.4 Å². The lowest BCUT2D eigenvalue weighted by Crippen LogP contribution is -2.45. The number of H-pyrrole nitrogens is 1. The van der Waals surface area contributed by atoms with Crippen molar-refractivity contribution in [3.63, 3.8) is 0 Å². The van der Waals surface area contributed by atoms with Gasteiger partial charge in [0.05, 0.1) is 23.1 Å². The minimum atomic E-state index is -4.71. The van der Waals surface area contributed by atoms with E-state index in [0.717, 1.165) is 19.4 Å². The number of halogens is 6. The molecule has 3 aromatic rings. The molecule has 40 heavy (non-hydrogen) atoms. The van der Waals surface area contributed by atoms with E-state index in [4.69, 9.17) is 16.3 Å². The molecule has 3 aromatic heterocycles. The zero-order chi connectivity index (χ0) is 28.4. The highest BCUT2D eigenvalue weighted by Crippen LogP contribution is 2.38. The van der Waals surface area contributed by atoms with E-state index >= 15 is 0 Å². The van der Waals surface area contributed by atoms with Crippen molar-refractivity contribution < 1.29 is 31.5 Å². The Morgan fingerprint density at radius 1 is 1.18 bits per heavy atom.